The maximum Gasteiger partial charge on any atom is 0.273 e. The number of rotatable bonds is 5. The van der Waals surface area contributed by atoms with Gasteiger partial charge in [0.05, 0.1) is 11.4 Å². The molecule has 4 rings (SSSR count). The molecule has 0 aliphatic carbocycles. The summed E-state index contributed by atoms with van der Waals surface area (Å²) < 4.78 is 0. The molecule has 2 aliphatic rings. The quantitative estimate of drug-likeness (QED) is 0.813. The van der Waals surface area contributed by atoms with E-state index in [0.717, 1.165) is 57.4 Å². The molecule has 1 N–H and O–H groups in total. The van der Waals surface area contributed by atoms with Gasteiger partial charge in [0.25, 0.3) is 5.91 Å². The summed E-state index contributed by atoms with van der Waals surface area (Å²) in [6.45, 7) is 3.89. The summed E-state index contributed by atoms with van der Waals surface area (Å²) >= 11 is 1.45. The third kappa shape index (κ3) is 5.00. The Hall–Kier alpha value is -2.32. The van der Waals surface area contributed by atoms with Crippen LogP contribution in [0.15, 0.2) is 35.4 Å². The molecule has 2 aromatic rings. The lowest BCUT2D eigenvalue weighted by molar-refractivity contribution is -0.127. The standard InChI is InChI=1S/C21H27N5O2S/c27-20(23-12-16-3-1-7-22-11-16)17-4-2-8-26(13-17)18-5-9-25(10-6-18)21(28)19-14-29-15-24-19/h1,3,7,11,14-15,17-18H,2,4-6,8-10,12-13H2,(H,23,27)/t17-/m0/s1. The average molecular weight is 414 g/mol. The highest BCUT2D eigenvalue weighted by Crippen LogP contribution is 2.25. The lowest BCUT2D eigenvalue weighted by Crippen LogP contribution is -2.51. The van der Waals surface area contributed by atoms with Gasteiger partial charge in [0, 0.05) is 50.0 Å². The summed E-state index contributed by atoms with van der Waals surface area (Å²) in [6, 6.07) is 4.31. The van der Waals surface area contributed by atoms with Gasteiger partial charge >= 0.3 is 0 Å². The Balaban J connectivity index is 1.25. The number of pyridine rings is 1. The summed E-state index contributed by atoms with van der Waals surface area (Å²) in [7, 11) is 0. The molecule has 29 heavy (non-hydrogen) atoms. The molecule has 154 valence electrons. The third-order valence-electron chi connectivity index (χ3n) is 5.93. The van der Waals surface area contributed by atoms with Crippen LogP contribution in [0.5, 0.6) is 0 Å². The fraction of sp³-hybridized carbons (Fsp3) is 0.524. The lowest BCUT2D eigenvalue weighted by Gasteiger charge is -2.41. The topological polar surface area (TPSA) is 78.4 Å². The van der Waals surface area contributed by atoms with Gasteiger partial charge in [-0.15, -0.1) is 11.3 Å². The molecule has 2 amide bonds. The van der Waals surface area contributed by atoms with Crippen LogP contribution in [0.1, 0.15) is 41.7 Å². The molecule has 7 nitrogen and oxygen atoms in total. The van der Waals surface area contributed by atoms with Crippen molar-refractivity contribution < 1.29 is 9.59 Å². The molecule has 2 aliphatic heterocycles. The van der Waals surface area contributed by atoms with Crippen LogP contribution in [0.2, 0.25) is 0 Å². The van der Waals surface area contributed by atoms with E-state index in [2.05, 4.69) is 20.2 Å². The van der Waals surface area contributed by atoms with Gasteiger partial charge in [-0.3, -0.25) is 19.5 Å². The van der Waals surface area contributed by atoms with Crippen LogP contribution in [0, 0.1) is 5.92 Å². The van der Waals surface area contributed by atoms with E-state index in [1.54, 1.807) is 17.9 Å². The van der Waals surface area contributed by atoms with Gasteiger partial charge in [-0.25, -0.2) is 4.98 Å². The third-order valence-corrected chi connectivity index (χ3v) is 6.52. The molecule has 0 saturated carbocycles. The second kappa shape index (κ2) is 9.45. The molecule has 0 unspecified atom stereocenters. The SMILES string of the molecule is O=C(NCc1cccnc1)[C@H]1CCCN(C2CCN(C(=O)c3cscn3)CC2)C1. The van der Waals surface area contributed by atoms with Crippen molar-refractivity contribution in [1.29, 1.82) is 0 Å². The summed E-state index contributed by atoms with van der Waals surface area (Å²) in [5, 5.41) is 4.88. The highest BCUT2D eigenvalue weighted by molar-refractivity contribution is 7.07. The normalized spacial score (nSPS) is 21.1. The van der Waals surface area contributed by atoms with Crippen LogP contribution in [-0.2, 0) is 11.3 Å². The van der Waals surface area contributed by atoms with Gasteiger partial charge in [0.2, 0.25) is 5.91 Å². The van der Waals surface area contributed by atoms with Crippen molar-refractivity contribution >= 4 is 23.2 Å². The second-order valence-electron chi connectivity index (χ2n) is 7.81. The Kier molecular flexibility index (Phi) is 6.51. The molecule has 0 radical (unpaired) electrons. The van der Waals surface area contributed by atoms with Gasteiger partial charge < -0.3 is 10.2 Å². The van der Waals surface area contributed by atoms with Gasteiger partial charge in [0.1, 0.15) is 5.69 Å². The van der Waals surface area contributed by atoms with Crippen molar-refractivity contribution in [2.75, 3.05) is 26.2 Å². The van der Waals surface area contributed by atoms with E-state index in [9.17, 15) is 9.59 Å². The fourth-order valence-corrected chi connectivity index (χ4v) is 4.83. The van der Waals surface area contributed by atoms with E-state index >= 15 is 0 Å². The van der Waals surface area contributed by atoms with E-state index in [1.807, 2.05) is 22.4 Å². The zero-order valence-electron chi connectivity index (χ0n) is 16.5. The first-order valence-corrected chi connectivity index (χ1v) is 11.2. The molecule has 8 heteroatoms. The Morgan fingerprint density at radius 1 is 1.21 bits per heavy atom. The number of aromatic nitrogens is 2. The minimum absolute atomic E-state index is 0.0371. The van der Waals surface area contributed by atoms with Crippen LogP contribution in [0.4, 0.5) is 0 Å². The summed E-state index contributed by atoms with van der Waals surface area (Å²) in [5.74, 6) is 0.209. The maximum atomic E-state index is 12.7. The minimum Gasteiger partial charge on any atom is -0.352 e. The molecular formula is C21H27N5O2S. The highest BCUT2D eigenvalue weighted by Gasteiger charge is 2.32. The first kappa shape index (κ1) is 20.0. The van der Waals surface area contributed by atoms with Crippen molar-refractivity contribution in [2.45, 2.75) is 38.3 Å². The number of carbonyl (C=O) groups is 2. The summed E-state index contributed by atoms with van der Waals surface area (Å²) in [6.07, 6.45) is 7.42. The van der Waals surface area contributed by atoms with Crippen molar-refractivity contribution in [3.05, 3.63) is 46.7 Å². The first-order valence-electron chi connectivity index (χ1n) is 10.3. The molecule has 2 saturated heterocycles. The number of hydrogen-bond donors (Lipinski definition) is 1. The van der Waals surface area contributed by atoms with E-state index in [4.69, 9.17) is 0 Å². The number of amides is 2. The van der Waals surface area contributed by atoms with E-state index in [0.29, 0.717) is 18.3 Å². The summed E-state index contributed by atoms with van der Waals surface area (Å²) in [4.78, 5) is 37.7. The smallest absolute Gasteiger partial charge is 0.273 e. The van der Waals surface area contributed by atoms with Crippen LogP contribution < -0.4 is 5.32 Å². The number of piperidine rings is 2. The number of carbonyl (C=O) groups excluding carboxylic acids is 2. The van der Waals surface area contributed by atoms with E-state index in [1.165, 1.54) is 11.3 Å². The monoisotopic (exact) mass is 413 g/mol. The van der Waals surface area contributed by atoms with Crippen LogP contribution in [0.25, 0.3) is 0 Å². The van der Waals surface area contributed by atoms with E-state index < -0.39 is 0 Å². The summed E-state index contributed by atoms with van der Waals surface area (Å²) in [5.41, 5.74) is 3.27. The number of likely N-dealkylation sites (tertiary alicyclic amines) is 2. The maximum absolute atomic E-state index is 12.7. The van der Waals surface area contributed by atoms with Crippen LogP contribution >= 0.6 is 11.3 Å². The zero-order valence-corrected chi connectivity index (χ0v) is 17.3. The average Bonchev–Trinajstić information content (AvgIpc) is 3.33. The van der Waals surface area contributed by atoms with Gasteiger partial charge in [-0.1, -0.05) is 6.07 Å². The minimum atomic E-state index is 0.0371. The molecule has 0 spiro atoms. The number of thiazole rings is 1. The first-order chi connectivity index (χ1) is 14.2. The largest absolute Gasteiger partial charge is 0.352 e. The Labute approximate surface area is 175 Å². The van der Waals surface area contributed by atoms with Crippen LogP contribution in [-0.4, -0.2) is 63.8 Å². The number of hydrogen-bond acceptors (Lipinski definition) is 6. The predicted molar refractivity (Wildman–Crippen MR) is 111 cm³/mol. The van der Waals surface area contributed by atoms with Crippen LogP contribution in [0.3, 0.4) is 0 Å². The highest BCUT2D eigenvalue weighted by atomic mass is 32.1. The second-order valence-corrected chi connectivity index (χ2v) is 8.53. The molecule has 0 bridgehead atoms. The van der Waals surface area contributed by atoms with Crippen molar-refractivity contribution in [2.24, 2.45) is 5.92 Å². The van der Waals surface area contributed by atoms with E-state index in [-0.39, 0.29) is 17.7 Å². The molecule has 4 heterocycles. The van der Waals surface area contributed by atoms with Crippen molar-refractivity contribution in [1.82, 2.24) is 25.1 Å². The predicted octanol–water partition coefficient (Wildman–Crippen LogP) is 2.17. The van der Waals surface area contributed by atoms with Gasteiger partial charge in [-0.2, -0.15) is 0 Å². The fourth-order valence-electron chi connectivity index (χ4n) is 4.30. The molecule has 1 atom stereocenters. The van der Waals surface area contributed by atoms with Gasteiger partial charge in [-0.05, 0) is 43.9 Å². The Morgan fingerprint density at radius 3 is 2.79 bits per heavy atom. The lowest BCUT2D eigenvalue weighted by atomic mass is 9.93. The number of nitrogens with one attached hydrogen (secondary N) is 1. The molecule has 2 fully saturated rings. The van der Waals surface area contributed by atoms with Gasteiger partial charge in [0.15, 0.2) is 0 Å². The zero-order chi connectivity index (χ0) is 20.1. The Morgan fingerprint density at radius 2 is 2.07 bits per heavy atom. The molecule has 2 aromatic heterocycles. The molecule has 0 aromatic carbocycles. The Bertz CT molecular complexity index is 806. The number of nitrogens with zero attached hydrogens (tertiary/aromatic N) is 4. The van der Waals surface area contributed by atoms with Crippen molar-refractivity contribution in [3.8, 4) is 0 Å². The van der Waals surface area contributed by atoms with Crippen molar-refractivity contribution in [3.63, 3.8) is 0 Å². The molecular weight excluding hydrogens is 386 g/mol.